The maximum absolute atomic E-state index is 12.6. The Labute approximate surface area is 168 Å². The number of hydrogen-bond acceptors (Lipinski definition) is 6. The lowest BCUT2D eigenvalue weighted by Gasteiger charge is -2.36. The van der Waals surface area contributed by atoms with E-state index in [1.165, 1.54) is 13.2 Å². The minimum atomic E-state index is -0.219. The van der Waals surface area contributed by atoms with E-state index >= 15 is 0 Å². The van der Waals surface area contributed by atoms with Crippen LogP contribution < -0.4 is 9.47 Å². The molecule has 2 aromatic rings. The van der Waals surface area contributed by atoms with Gasteiger partial charge in [0.25, 0.3) is 0 Å². The average molecular weight is 397 g/mol. The van der Waals surface area contributed by atoms with Gasteiger partial charge >= 0.3 is 0 Å². The molecule has 7 heteroatoms. The van der Waals surface area contributed by atoms with Crippen LogP contribution in [0.2, 0.25) is 0 Å². The summed E-state index contributed by atoms with van der Waals surface area (Å²) in [6.45, 7) is 0.440. The van der Waals surface area contributed by atoms with Gasteiger partial charge in [-0.15, -0.1) is 0 Å². The molecule has 1 heterocycles. The zero-order valence-electron chi connectivity index (χ0n) is 16.2. The highest BCUT2D eigenvalue weighted by atomic mass is 16.5. The number of phenolic OH excluding ortho intramolecular Hbond substituents is 1. The molecule has 1 aliphatic rings. The lowest BCUT2D eigenvalue weighted by Crippen LogP contribution is -2.46. The summed E-state index contributed by atoms with van der Waals surface area (Å²) in [5, 5.41) is 9.80. The Balaban J connectivity index is 1.80. The molecule has 1 unspecified atom stereocenters. The van der Waals surface area contributed by atoms with E-state index in [1.54, 1.807) is 35.2 Å². The predicted octanol–water partition coefficient (Wildman–Crippen LogP) is 2.99. The van der Waals surface area contributed by atoms with E-state index < -0.39 is 0 Å². The molecule has 1 N–H and O–H groups in total. The van der Waals surface area contributed by atoms with Crippen molar-refractivity contribution in [2.75, 3.05) is 13.7 Å². The van der Waals surface area contributed by atoms with Gasteiger partial charge in [-0.3, -0.25) is 14.4 Å². The summed E-state index contributed by atoms with van der Waals surface area (Å²) in [5.41, 5.74) is 1.20. The Bertz CT molecular complexity index is 910. The molecule has 1 atom stereocenters. The number of methoxy groups -OCH3 is 1. The molecule has 1 aliphatic heterocycles. The summed E-state index contributed by atoms with van der Waals surface area (Å²) < 4.78 is 11.0. The number of likely N-dealkylation sites (tertiary alicyclic amines) is 1. The van der Waals surface area contributed by atoms with Gasteiger partial charge in [-0.05, 0) is 36.6 Å². The number of phenols is 1. The van der Waals surface area contributed by atoms with Gasteiger partial charge in [0.05, 0.1) is 24.3 Å². The molecule has 3 rings (SSSR count). The first-order valence-corrected chi connectivity index (χ1v) is 9.39. The number of nitrogens with zero attached hydrogens (tertiary/aromatic N) is 1. The molecule has 0 aromatic heterocycles. The first-order chi connectivity index (χ1) is 14.1. The fraction of sp³-hybridized carbons (Fsp3) is 0.318. The SMILES string of the molecule is COc1cccc(CN2C(=O)CCCC2COc2cccc(O)c2C=O)c1C=O. The number of rotatable bonds is 8. The van der Waals surface area contributed by atoms with E-state index in [4.69, 9.17) is 9.47 Å². The zero-order valence-corrected chi connectivity index (χ0v) is 16.2. The normalized spacial score (nSPS) is 16.4. The van der Waals surface area contributed by atoms with Crippen molar-refractivity contribution in [2.24, 2.45) is 0 Å². The quantitative estimate of drug-likeness (QED) is 0.689. The average Bonchev–Trinajstić information content (AvgIpc) is 2.73. The van der Waals surface area contributed by atoms with E-state index in [0.717, 1.165) is 19.1 Å². The van der Waals surface area contributed by atoms with Crippen molar-refractivity contribution in [1.29, 1.82) is 0 Å². The van der Waals surface area contributed by atoms with Crippen LogP contribution in [0.25, 0.3) is 0 Å². The molecule has 1 fully saturated rings. The Morgan fingerprint density at radius 1 is 1.10 bits per heavy atom. The van der Waals surface area contributed by atoms with Crippen LogP contribution in [0.15, 0.2) is 36.4 Å². The standard InChI is InChI=1S/C22H23NO6/c1-28-20-8-2-5-15(17(20)12-24)11-23-16(6-3-10-22(23)27)14-29-21-9-4-7-19(26)18(21)13-25/h2,4-5,7-9,12-13,16,26H,3,6,10-11,14H2,1H3. The maximum Gasteiger partial charge on any atom is 0.223 e. The van der Waals surface area contributed by atoms with Gasteiger partial charge in [0.2, 0.25) is 5.91 Å². The summed E-state index contributed by atoms with van der Waals surface area (Å²) in [6.07, 6.45) is 3.19. The highest BCUT2D eigenvalue weighted by Crippen LogP contribution is 2.28. The third kappa shape index (κ3) is 4.39. The molecular weight excluding hydrogens is 374 g/mol. The summed E-state index contributed by atoms with van der Waals surface area (Å²) >= 11 is 0. The highest BCUT2D eigenvalue weighted by Gasteiger charge is 2.29. The van der Waals surface area contributed by atoms with Crippen LogP contribution in [0.4, 0.5) is 0 Å². The molecule has 29 heavy (non-hydrogen) atoms. The van der Waals surface area contributed by atoms with Crippen molar-refractivity contribution < 1.29 is 29.0 Å². The van der Waals surface area contributed by atoms with Crippen molar-refractivity contribution >= 4 is 18.5 Å². The number of amides is 1. The van der Waals surface area contributed by atoms with E-state index in [0.29, 0.717) is 29.6 Å². The minimum Gasteiger partial charge on any atom is -0.507 e. The number of carbonyl (C=O) groups is 3. The third-order valence-electron chi connectivity index (χ3n) is 5.12. The first kappa shape index (κ1) is 20.4. The molecule has 0 aliphatic carbocycles. The van der Waals surface area contributed by atoms with Crippen molar-refractivity contribution in [3.63, 3.8) is 0 Å². The van der Waals surface area contributed by atoms with Crippen LogP contribution in [0, 0.1) is 0 Å². The molecule has 0 radical (unpaired) electrons. The van der Waals surface area contributed by atoms with E-state index in [2.05, 4.69) is 0 Å². The van der Waals surface area contributed by atoms with Gasteiger partial charge in [0.1, 0.15) is 23.9 Å². The smallest absolute Gasteiger partial charge is 0.223 e. The molecule has 0 bridgehead atoms. The number of benzene rings is 2. The van der Waals surface area contributed by atoms with Gasteiger partial charge in [-0.2, -0.15) is 0 Å². The van der Waals surface area contributed by atoms with Crippen LogP contribution in [-0.4, -0.2) is 48.2 Å². The molecule has 0 saturated carbocycles. The molecule has 1 amide bonds. The highest BCUT2D eigenvalue weighted by molar-refractivity contribution is 5.84. The first-order valence-electron chi connectivity index (χ1n) is 9.39. The molecule has 0 spiro atoms. The van der Waals surface area contributed by atoms with Crippen molar-refractivity contribution in [3.05, 3.63) is 53.1 Å². The van der Waals surface area contributed by atoms with E-state index in [9.17, 15) is 19.5 Å². The van der Waals surface area contributed by atoms with Gasteiger partial charge in [-0.1, -0.05) is 18.2 Å². The van der Waals surface area contributed by atoms with E-state index in [1.807, 2.05) is 0 Å². The Morgan fingerprint density at radius 2 is 1.83 bits per heavy atom. The maximum atomic E-state index is 12.6. The predicted molar refractivity (Wildman–Crippen MR) is 106 cm³/mol. The molecule has 7 nitrogen and oxygen atoms in total. The summed E-state index contributed by atoms with van der Waals surface area (Å²) in [4.78, 5) is 37.1. The Hall–Kier alpha value is -3.35. The van der Waals surface area contributed by atoms with Crippen molar-refractivity contribution in [1.82, 2.24) is 4.90 Å². The number of piperidine rings is 1. The number of aromatic hydroxyl groups is 1. The fourth-order valence-corrected chi connectivity index (χ4v) is 3.57. The van der Waals surface area contributed by atoms with Crippen molar-refractivity contribution in [3.8, 4) is 17.2 Å². The van der Waals surface area contributed by atoms with E-state index in [-0.39, 0.29) is 42.2 Å². The largest absolute Gasteiger partial charge is 0.507 e. The second-order valence-electron chi connectivity index (χ2n) is 6.84. The molecular formula is C22H23NO6. The fourth-order valence-electron chi connectivity index (χ4n) is 3.57. The number of carbonyl (C=O) groups excluding carboxylic acids is 3. The minimum absolute atomic E-state index is 0.0176. The number of ether oxygens (including phenoxy) is 2. The monoisotopic (exact) mass is 397 g/mol. The lowest BCUT2D eigenvalue weighted by atomic mass is 9.99. The Kier molecular flexibility index (Phi) is 6.49. The van der Waals surface area contributed by atoms with Gasteiger partial charge in [0.15, 0.2) is 12.6 Å². The lowest BCUT2D eigenvalue weighted by molar-refractivity contribution is -0.138. The number of hydrogen-bond donors (Lipinski definition) is 1. The van der Waals surface area contributed by atoms with Crippen molar-refractivity contribution in [2.45, 2.75) is 31.8 Å². The van der Waals surface area contributed by atoms with Crippen LogP contribution >= 0.6 is 0 Å². The molecule has 1 saturated heterocycles. The molecule has 2 aromatic carbocycles. The Morgan fingerprint density at radius 3 is 2.55 bits per heavy atom. The van der Waals surface area contributed by atoms with Gasteiger partial charge in [0, 0.05) is 13.0 Å². The second-order valence-corrected chi connectivity index (χ2v) is 6.84. The summed E-state index contributed by atoms with van der Waals surface area (Å²) in [5.74, 6) is 0.565. The second kappa shape index (κ2) is 9.23. The summed E-state index contributed by atoms with van der Waals surface area (Å²) in [7, 11) is 1.49. The van der Waals surface area contributed by atoms with Gasteiger partial charge < -0.3 is 19.5 Å². The number of aldehydes is 2. The van der Waals surface area contributed by atoms with Crippen LogP contribution in [0.1, 0.15) is 45.5 Å². The third-order valence-corrected chi connectivity index (χ3v) is 5.12. The summed E-state index contributed by atoms with van der Waals surface area (Å²) in [6, 6.07) is 9.67. The van der Waals surface area contributed by atoms with Crippen LogP contribution in [-0.2, 0) is 11.3 Å². The molecule has 152 valence electrons. The van der Waals surface area contributed by atoms with Gasteiger partial charge in [-0.25, -0.2) is 0 Å². The van der Waals surface area contributed by atoms with Crippen LogP contribution in [0.5, 0.6) is 17.2 Å². The zero-order chi connectivity index (χ0) is 20.8. The topological polar surface area (TPSA) is 93.1 Å². The van der Waals surface area contributed by atoms with Crippen LogP contribution in [0.3, 0.4) is 0 Å².